The SMILES string of the molecule is CCN(CCCO)c1cc(N)cc(F)c1. The van der Waals surface area contributed by atoms with Gasteiger partial charge in [-0.1, -0.05) is 0 Å². The number of nitrogens with zero attached hydrogens (tertiary/aromatic N) is 1. The van der Waals surface area contributed by atoms with E-state index in [-0.39, 0.29) is 12.4 Å². The number of aliphatic hydroxyl groups is 1. The number of aliphatic hydroxyl groups excluding tert-OH is 1. The van der Waals surface area contributed by atoms with Crippen LogP contribution in [0.25, 0.3) is 0 Å². The van der Waals surface area contributed by atoms with Crippen LogP contribution in [-0.4, -0.2) is 24.8 Å². The van der Waals surface area contributed by atoms with Crippen molar-refractivity contribution in [1.29, 1.82) is 0 Å². The Morgan fingerprint density at radius 2 is 2.13 bits per heavy atom. The van der Waals surface area contributed by atoms with Gasteiger partial charge in [-0.25, -0.2) is 4.39 Å². The van der Waals surface area contributed by atoms with E-state index in [0.717, 1.165) is 12.2 Å². The molecule has 0 aliphatic carbocycles. The third kappa shape index (κ3) is 3.40. The normalized spacial score (nSPS) is 10.3. The molecule has 1 aromatic carbocycles. The fourth-order valence-corrected chi connectivity index (χ4v) is 1.51. The molecule has 0 saturated heterocycles. The molecule has 0 unspecified atom stereocenters. The highest BCUT2D eigenvalue weighted by Gasteiger charge is 2.06. The summed E-state index contributed by atoms with van der Waals surface area (Å²) in [6.45, 7) is 3.60. The van der Waals surface area contributed by atoms with Crippen molar-refractivity contribution in [3.8, 4) is 0 Å². The van der Waals surface area contributed by atoms with E-state index in [1.165, 1.54) is 12.1 Å². The van der Waals surface area contributed by atoms with Gasteiger partial charge < -0.3 is 15.7 Å². The van der Waals surface area contributed by atoms with Gasteiger partial charge in [0, 0.05) is 31.1 Å². The average molecular weight is 212 g/mol. The minimum Gasteiger partial charge on any atom is -0.399 e. The number of nitrogen functional groups attached to an aromatic ring is 1. The van der Waals surface area contributed by atoms with Gasteiger partial charge in [-0.15, -0.1) is 0 Å². The number of nitrogens with two attached hydrogens (primary N) is 1. The third-order valence-corrected chi connectivity index (χ3v) is 2.24. The van der Waals surface area contributed by atoms with Gasteiger partial charge in [0.1, 0.15) is 5.82 Å². The van der Waals surface area contributed by atoms with E-state index in [2.05, 4.69) is 0 Å². The van der Waals surface area contributed by atoms with Gasteiger partial charge in [0.25, 0.3) is 0 Å². The molecule has 3 N–H and O–H groups in total. The maximum absolute atomic E-state index is 13.1. The zero-order chi connectivity index (χ0) is 11.3. The summed E-state index contributed by atoms with van der Waals surface area (Å²) in [5, 5.41) is 8.74. The summed E-state index contributed by atoms with van der Waals surface area (Å²) in [6.07, 6.45) is 0.671. The van der Waals surface area contributed by atoms with Crippen LogP contribution in [0.1, 0.15) is 13.3 Å². The number of rotatable bonds is 5. The largest absolute Gasteiger partial charge is 0.399 e. The van der Waals surface area contributed by atoms with Gasteiger partial charge in [0.2, 0.25) is 0 Å². The summed E-state index contributed by atoms with van der Waals surface area (Å²) in [7, 11) is 0. The van der Waals surface area contributed by atoms with E-state index < -0.39 is 0 Å². The van der Waals surface area contributed by atoms with Crippen molar-refractivity contribution < 1.29 is 9.50 Å². The van der Waals surface area contributed by atoms with E-state index in [0.29, 0.717) is 18.7 Å². The Bertz CT molecular complexity index is 297. The smallest absolute Gasteiger partial charge is 0.127 e. The van der Waals surface area contributed by atoms with Crippen LogP contribution in [0.2, 0.25) is 0 Å². The molecular formula is C11H17FN2O. The summed E-state index contributed by atoms with van der Waals surface area (Å²) in [4.78, 5) is 1.98. The molecule has 0 amide bonds. The Hall–Kier alpha value is -1.29. The molecule has 0 saturated carbocycles. The molecule has 0 aromatic heterocycles. The number of hydrogen-bond acceptors (Lipinski definition) is 3. The van der Waals surface area contributed by atoms with E-state index in [9.17, 15) is 4.39 Å². The highest BCUT2D eigenvalue weighted by atomic mass is 19.1. The molecular weight excluding hydrogens is 195 g/mol. The molecule has 1 aromatic rings. The summed E-state index contributed by atoms with van der Waals surface area (Å²) >= 11 is 0. The van der Waals surface area contributed by atoms with E-state index in [1.54, 1.807) is 6.07 Å². The Kier molecular flexibility index (Phi) is 4.37. The zero-order valence-corrected chi connectivity index (χ0v) is 8.91. The molecule has 0 bridgehead atoms. The summed E-state index contributed by atoms with van der Waals surface area (Å²) in [6, 6.07) is 4.49. The second-order valence-corrected chi connectivity index (χ2v) is 3.40. The standard InChI is InChI=1S/C11H17FN2O/c1-2-14(4-3-5-15)11-7-9(12)6-10(13)8-11/h6-8,15H,2-5,13H2,1H3. The van der Waals surface area contributed by atoms with E-state index >= 15 is 0 Å². The van der Waals surface area contributed by atoms with Crippen LogP contribution in [0, 0.1) is 5.82 Å². The number of hydrogen-bond donors (Lipinski definition) is 2. The van der Waals surface area contributed by atoms with Crippen LogP contribution < -0.4 is 10.6 Å². The minimum absolute atomic E-state index is 0.140. The zero-order valence-electron chi connectivity index (χ0n) is 8.91. The van der Waals surface area contributed by atoms with E-state index in [4.69, 9.17) is 10.8 Å². The molecule has 84 valence electrons. The predicted octanol–water partition coefficient (Wildman–Crippen LogP) is 1.62. The molecule has 0 spiro atoms. The van der Waals surface area contributed by atoms with Gasteiger partial charge in [0.15, 0.2) is 0 Å². The molecule has 0 radical (unpaired) electrons. The first-order valence-corrected chi connectivity index (χ1v) is 5.09. The summed E-state index contributed by atoms with van der Waals surface area (Å²) < 4.78 is 13.1. The first-order valence-electron chi connectivity index (χ1n) is 5.09. The predicted molar refractivity (Wildman–Crippen MR) is 60.4 cm³/mol. The van der Waals surface area contributed by atoms with Gasteiger partial charge in [0.05, 0.1) is 0 Å². The highest BCUT2D eigenvalue weighted by molar-refractivity contribution is 5.56. The van der Waals surface area contributed by atoms with Gasteiger partial charge in [-0.3, -0.25) is 0 Å². The molecule has 0 aliphatic rings. The quantitative estimate of drug-likeness (QED) is 0.729. The lowest BCUT2D eigenvalue weighted by atomic mass is 10.2. The van der Waals surface area contributed by atoms with Crippen molar-refractivity contribution in [3.05, 3.63) is 24.0 Å². The molecule has 15 heavy (non-hydrogen) atoms. The summed E-state index contributed by atoms with van der Waals surface area (Å²) in [5.41, 5.74) is 6.76. The highest BCUT2D eigenvalue weighted by Crippen LogP contribution is 2.19. The topological polar surface area (TPSA) is 49.5 Å². The van der Waals surface area contributed by atoms with Crippen molar-refractivity contribution in [3.63, 3.8) is 0 Å². The van der Waals surface area contributed by atoms with Crippen LogP contribution in [0.15, 0.2) is 18.2 Å². The monoisotopic (exact) mass is 212 g/mol. The lowest BCUT2D eigenvalue weighted by molar-refractivity contribution is 0.289. The average Bonchev–Trinajstić information content (AvgIpc) is 2.17. The van der Waals surface area contributed by atoms with Gasteiger partial charge >= 0.3 is 0 Å². The van der Waals surface area contributed by atoms with Crippen molar-refractivity contribution in [2.45, 2.75) is 13.3 Å². The molecule has 3 nitrogen and oxygen atoms in total. The third-order valence-electron chi connectivity index (χ3n) is 2.24. The van der Waals surface area contributed by atoms with Crippen LogP contribution in [0.4, 0.5) is 15.8 Å². The first kappa shape index (κ1) is 11.8. The second kappa shape index (κ2) is 5.56. The van der Waals surface area contributed by atoms with Crippen LogP contribution >= 0.6 is 0 Å². The molecule has 0 atom stereocenters. The Morgan fingerprint density at radius 1 is 1.40 bits per heavy atom. The maximum atomic E-state index is 13.1. The van der Waals surface area contributed by atoms with Crippen LogP contribution in [0.5, 0.6) is 0 Å². The number of halogens is 1. The second-order valence-electron chi connectivity index (χ2n) is 3.40. The minimum atomic E-state index is -0.326. The van der Waals surface area contributed by atoms with Crippen molar-refractivity contribution >= 4 is 11.4 Å². The van der Waals surface area contributed by atoms with Crippen LogP contribution in [-0.2, 0) is 0 Å². The van der Waals surface area contributed by atoms with Crippen molar-refractivity contribution in [2.24, 2.45) is 0 Å². The van der Waals surface area contributed by atoms with Crippen LogP contribution in [0.3, 0.4) is 0 Å². The lowest BCUT2D eigenvalue weighted by Gasteiger charge is -2.23. The van der Waals surface area contributed by atoms with Gasteiger partial charge in [-0.2, -0.15) is 0 Å². The molecule has 0 fully saturated rings. The lowest BCUT2D eigenvalue weighted by Crippen LogP contribution is -2.24. The first-order chi connectivity index (χ1) is 7.17. The molecule has 0 heterocycles. The molecule has 1 rings (SSSR count). The Labute approximate surface area is 89.3 Å². The van der Waals surface area contributed by atoms with E-state index in [1.807, 2.05) is 11.8 Å². The Morgan fingerprint density at radius 3 is 2.67 bits per heavy atom. The molecule has 0 aliphatic heterocycles. The number of benzene rings is 1. The summed E-state index contributed by atoms with van der Waals surface area (Å²) in [5.74, 6) is -0.326. The van der Waals surface area contributed by atoms with Crippen molar-refractivity contribution in [1.82, 2.24) is 0 Å². The maximum Gasteiger partial charge on any atom is 0.127 e. The fourth-order valence-electron chi connectivity index (χ4n) is 1.51. The van der Waals surface area contributed by atoms with Crippen molar-refractivity contribution in [2.75, 3.05) is 30.3 Å². The molecule has 4 heteroatoms. The number of anilines is 2. The van der Waals surface area contributed by atoms with Gasteiger partial charge in [-0.05, 0) is 31.5 Å². The fraction of sp³-hybridized carbons (Fsp3) is 0.455. The Balaban J connectivity index is 2.81.